The summed E-state index contributed by atoms with van der Waals surface area (Å²) in [4.78, 5) is 24.5. The van der Waals surface area contributed by atoms with E-state index in [9.17, 15) is 14.0 Å². The molecule has 2 rings (SSSR count). The number of aromatic hydroxyl groups is 1. The summed E-state index contributed by atoms with van der Waals surface area (Å²) in [6.07, 6.45) is 0.341. The summed E-state index contributed by atoms with van der Waals surface area (Å²) in [6, 6.07) is 3.28. The van der Waals surface area contributed by atoms with E-state index >= 15 is 0 Å². The summed E-state index contributed by atoms with van der Waals surface area (Å²) < 4.78 is 13.6. The van der Waals surface area contributed by atoms with Crippen LogP contribution in [0.5, 0.6) is 5.75 Å². The number of phenolic OH excluding ortho intramolecular Hbond substituents is 1. The van der Waals surface area contributed by atoms with Crippen molar-refractivity contribution in [2.45, 2.75) is 13.3 Å². The number of carboxylic acid groups (broad SMARTS) is 1. The zero-order valence-electron chi connectivity index (χ0n) is 10.4. The average molecular weight is 267 g/mol. The molecule has 1 amide bonds. The van der Waals surface area contributed by atoms with E-state index in [1.54, 1.807) is 6.92 Å². The summed E-state index contributed by atoms with van der Waals surface area (Å²) >= 11 is 0. The number of aliphatic carboxylic acids is 1. The zero-order chi connectivity index (χ0) is 14.2. The number of amides is 1. The number of nitrogens with zero attached hydrogens (tertiary/aromatic N) is 1. The molecule has 19 heavy (non-hydrogen) atoms. The zero-order valence-corrected chi connectivity index (χ0v) is 10.4. The summed E-state index contributed by atoms with van der Waals surface area (Å²) in [5.41, 5.74) is -1.14. The number of rotatable bonds is 2. The summed E-state index contributed by atoms with van der Waals surface area (Å²) in [7, 11) is 0. The third-order valence-electron chi connectivity index (χ3n) is 3.46. The van der Waals surface area contributed by atoms with Gasteiger partial charge in [0.1, 0.15) is 11.6 Å². The van der Waals surface area contributed by atoms with Crippen molar-refractivity contribution < 1.29 is 24.2 Å². The van der Waals surface area contributed by atoms with Gasteiger partial charge in [-0.15, -0.1) is 0 Å². The number of carboxylic acids is 1. The van der Waals surface area contributed by atoms with Gasteiger partial charge in [-0.2, -0.15) is 0 Å². The number of carbonyl (C=O) groups excluding carboxylic acids is 1. The molecule has 0 aromatic heterocycles. The van der Waals surface area contributed by atoms with E-state index in [0.29, 0.717) is 6.42 Å². The number of hydrogen-bond acceptors (Lipinski definition) is 3. The van der Waals surface area contributed by atoms with Gasteiger partial charge in [0.2, 0.25) is 0 Å². The van der Waals surface area contributed by atoms with Crippen LogP contribution in [0, 0.1) is 11.2 Å². The first kappa shape index (κ1) is 13.3. The van der Waals surface area contributed by atoms with Crippen molar-refractivity contribution in [3.63, 3.8) is 0 Å². The van der Waals surface area contributed by atoms with Crippen molar-refractivity contribution in [2.24, 2.45) is 5.41 Å². The number of halogens is 1. The highest BCUT2D eigenvalue weighted by Gasteiger charge is 2.42. The molecule has 6 heteroatoms. The standard InChI is InChI=1S/C13H14FNO4/c1-13(12(18)19)4-5-15(7-13)11(17)9-3-2-8(16)6-10(9)14/h2-3,6,16H,4-5,7H2,1H3,(H,18,19). The van der Waals surface area contributed by atoms with Crippen LogP contribution in [-0.2, 0) is 4.79 Å². The van der Waals surface area contributed by atoms with Crippen LogP contribution in [0.25, 0.3) is 0 Å². The third kappa shape index (κ3) is 2.38. The Morgan fingerprint density at radius 1 is 1.42 bits per heavy atom. The van der Waals surface area contributed by atoms with Crippen LogP contribution in [0.3, 0.4) is 0 Å². The van der Waals surface area contributed by atoms with Crippen LogP contribution in [0.1, 0.15) is 23.7 Å². The van der Waals surface area contributed by atoms with Crippen molar-refractivity contribution in [1.82, 2.24) is 4.90 Å². The molecule has 1 aliphatic rings. The molecule has 1 unspecified atom stereocenters. The van der Waals surface area contributed by atoms with Gasteiger partial charge in [0.15, 0.2) is 0 Å². The minimum Gasteiger partial charge on any atom is -0.508 e. The Hall–Kier alpha value is -2.11. The maximum absolute atomic E-state index is 13.6. The van der Waals surface area contributed by atoms with Gasteiger partial charge >= 0.3 is 5.97 Å². The van der Waals surface area contributed by atoms with E-state index in [2.05, 4.69) is 0 Å². The third-order valence-corrected chi connectivity index (χ3v) is 3.46. The molecule has 2 N–H and O–H groups in total. The number of likely N-dealkylation sites (tertiary alicyclic amines) is 1. The Morgan fingerprint density at radius 3 is 2.63 bits per heavy atom. The Labute approximate surface area is 109 Å². The van der Waals surface area contributed by atoms with Crippen LogP contribution in [0.2, 0.25) is 0 Å². The quantitative estimate of drug-likeness (QED) is 0.850. The van der Waals surface area contributed by atoms with Gasteiger partial charge < -0.3 is 15.1 Å². The van der Waals surface area contributed by atoms with Crippen LogP contribution in [0.15, 0.2) is 18.2 Å². The molecule has 1 fully saturated rings. The first-order chi connectivity index (χ1) is 8.83. The Balaban J connectivity index is 2.20. The molecule has 1 heterocycles. The van der Waals surface area contributed by atoms with E-state index in [0.717, 1.165) is 6.07 Å². The SMILES string of the molecule is CC1(C(=O)O)CCN(C(=O)c2ccc(O)cc2F)C1. The number of carbonyl (C=O) groups is 2. The minimum atomic E-state index is -0.983. The second-order valence-electron chi connectivity index (χ2n) is 5.01. The molecule has 0 radical (unpaired) electrons. The fourth-order valence-corrected chi connectivity index (χ4v) is 2.16. The fourth-order valence-electron chi connectivity index (χ4n) is 2.16. The van der Waals surface area contributed by atoms with E-state index in [1.165, 1.54) is 17.0 Å². The molecule has 1 atom stereocenters. The van der Waals surface area contributed by atoms with E-state index in [1.807, 2.05) is 0 Å². The molecule has 1 saturated heterocycles. The predicted octanol–water partition coefficient (Wildman–Crippen LogP) is 1.47. The predicted molar refractivity (Wildman–Crippen MR) is 64.3 cm³/mol. The highest BCUT2D eigenvalue weighted by molar-refractivity contribution is 5.95. The van der Waals surface area contributed by atoms with Crippen LogP contribution < -0.4 is 0 Å². The van der Waals surface area contributed by atoms with Crippen LogP contribution >= 0.6 is 0 Å². The van der Waals surface area contributed by atoms with Crippen LogP contribution in [-0.4, -0.2) is 40.1 Å². The second kappa shape index (κ2) is 4.53. The van der Waals surface area contributed by atoms with E-state index in [4.69, 9.17) is 10.2 Å². The largest absolute Gasteiger partial charge is 0.508 e. The topological polar surface area (TPSA) is 77.8 Å². The van der Waals surface area contributed by atoms with Gasteiger partial charge in [-0.25, -0.2) is 4.39 Å². The van der Waals surface area contributed by atoms with Gasteiger partial charge in [-0.05, 0) is 25.5 Å². The first-order valence-corrected chi connectivity index (χ1v) is 5.85. The Bertz CT molecular complexity index is 545. The molecule has 1 aromatic rings. The van der Waals surface area contributed by atoms with Gasteiger partial charge in [-0.3, -0.25) is 9.59 Å². The van der Waals surface area contributed by atoms with Crippen molar-refractivity contribution in [3.05, 3.63) is 29.6 Å². The molecular formula is C13H14FNO4. The fraction of sp³-hybridized carbons (Fsp3) is 0.385. The summed E-state index contributed by atoms with van der Waals surface area (Å²) in [5.74, 6) is -2.59. The normalized spacial score (nSPS) is 22.5. The first-order valence-electron chi connectivity index (χ1n) is 5.85. The van der Waals surface area contributed by atoms with Gasteiger partial charge in [0, 0.05) is 19.2 Å². The number of hydrogen-bond donors (Lipinski definition) is 2. The lowest BCUT2D eigenvalue weighted by atomic mass is 9.90. The molecule has 0 saturated carbocycles. The lowest BCUT2D eigenvalue weighted by Crippen LogP contribution is -2.35. The van der Waals surface area contributed by atoms with Gasteiger partial charge in [-0.1, -0.05) is 0 Å². The smallest absolute Gasteiger partial charge is 0.311 e. The molecule has 5 nitrogen and oxygen atoms in total. The Kier molecular flexibility index (Phi) is 3.18. The maximum atomic E-state index is 13.6. The average Bonchev–Trinajstić information content (AvgIpc) is 2.73. The molecular weight excluding hydrogens is 253 g/mol. The van der Waals surface area contributed by atoms with Crippen molar-refractivity contribution in [2.75, 3.05) is 13.1 Å². The number of phenols is 1. The minimum absolute atomic E-state index is 0.0570. The molecule has 0 aliphatic carbocycles. The molecule has 102 valence electrons. The van der Waals surface area contributed by atoms with Crippen molar-refractivity contribution >= 4 is 11.9 Å². The molecule has 1 aromatic carbocycles. The summed E-state index contributed by atoms with van der Waals surface area (Å²) in [5, 5.41) is 18.2. The van der Waals surface area contributed by atoms with Gasteiger partial charge in [0.25, 0.3) is 5.91 Å². The monoisotopic (exact) mass is 267 g/mol. The van der Waals surface area contributed by atoms with E-state index in [-0.39, 0.29) is 24.4 Å². The molecule has 1 aliphatic heterocycles. The lowest BCUT2D eigenvalue weighted by Gasteiger charge is -2.20. The highest BCUT2D eigenvalue weighted by Crippen LogP contribution is 2.31. The summed E-state index contributed by atoms with van der Waals surface area (Å²) in [6.45, 7) is 1.90. The highest BCUT2D eigenvalue weighted by atomic mass is 19.1. The maximum Gasteiger partial charge on any atom is 0.311 e. The van der Waals surface area contributed by atoms with Gasteiger partial charge in [0.05, 0.1) is 11.0 Å². The molecule has 0 spiro atoms. The number of benzene rings is 1. The van der Waals surface area contributed by atoms with E-state index < -0.39 is 23.1 Å². The Morgan fingerprint density at radius 2 is 2.11 bits per heavy atom. The lowest BCUT2D eigenvalue weighted by molar-refractivity contribution is -0.147. The van der Waals surface area contributed by atoms with Crippen LogP contribution in [0.4, 0.5) is 4.39 Å². The van der Waals surface area contributed by atoms with Crippen molar-refractivity contribution in [3.8, 4) is 5.75 Å². The van der Waals surface area contributed by atoms with Crippen molar-refractivity contribution in [1.29, 1.82) is 0 Å². The second-order valence-corrected chi connectivity index (χ2v) is 5.01. The molecule has 0 bridgehead atoms.